The van der Waals surface area contributed by atoms with Gasteiger partial charge in [0.25, 0.3) is 5.91 Å². The van der Waals surface area contributed by atoms with E-state index in [1.165, 1.54) is 0 Å². The lowest BCUT2D eigenvalue weighted by Crippen LogP contribution is -2.53. The summed E-state index contributed by atoms with van der Waals surface area (Å²) in [4.78, 5) is 40.3. The van der Waals surface area contributed by atoms with Gasteiger partial charge in [-0.1, -0.05) is 18.2 Å². The first kappa shape index (κ1) is 18.2. The fourth-order valence-electron chi connectivity index (χ4n) is 3.43. The number of nitrogens with zero attached hydrogens (tertiary/aromatic N) is 2. The van der Waals surface area contributed by atoms with Crippen molar-refractivity contribution in [1.82, 2.24) is 15.1 Å². The van der Waals surface area contributed by atoms with Crippen molar-refractivity contribution in [1.29, 1.82) is 0 Å². The summed E-state index contributed by atoms with van der Waals surface area (Å²) < 4.78 is 4.98. The molecular formula is C19H25N3O4. The summed E-state index contributed by atoms with van der Waals surface area (Å²) in [5.74, 6) is -0.260. The second-order valence-corrected chi connectivity index (χ2v) is 6.62. The number of cyclic esters (lactones) is 1. The van der Waals surface area contributed by atoms with E-state index in [-0.39, 0.29) is 17.9 Å². The molecule has 0 aliphatic carbocycles. The molecule has 3 rings (SSSR count). The van der Waals surface area contributed by atoms with Crippen molar-refractivity contribution in [3.63, 3.8) is 0 Å². The van der Waals surface area contributed by atoms with E-state index in [0.717, 1.165) is 19.3 Å². The number of carbonyl (C=O) groups is 3. The number of ether oxygens (including phenoxy) is 1. The smallest absolute Gasteiger partial charge is 0.409 e. The van der Waals surface area contributed by atoms with Crippen LogP contribution in [0, 0.1) is 0 Å². The minimum atomic E-state index is -0.454. The molecule has 2 saturated heterocycles. The highest BCUT2D eigenvalue weighted by Gasteiger charge is 2.32. The fourth-order valence-corrected chi connectivity index (χ4v) is 3.43. The first-order chi connectivity index (χ1) is 12.7. The molecule has 2 aliphatic rings. The molecule has 3 amide bonds. The first-order valence-corrected chi connectivity index (χ1v) is 9.22. The summed E-state index contributed by atoms with van der Waals surface area (Å²) in [5, 5.41) is 2.87. The van der Waals surface area contributed by atoms with Crippen molar-refractivity contribution in [3.05, 3.63) is 35.9 Å². The molecule has 7 nitrogen and oxygen atoms in total. The first-order valence-electron chi connectivity index (χ1n) is 9.22. The maximum atomic E-state index is 12.8. The molecule has 140 valence electrons. The molecule has 2 fully saturated rings. The van der Waals surface area contributed by atoms with Crippen molar-refractivity contribution >= 4 is 17.9 Å². The number of carbonyl (C=O) groups excluding carboxylic acids is 3. The van der Waals surface area contributed by atoms with Gasteiger partial charge in [0.05, 0.1) is 6.61 Å². The number of likely N-dealkylation sites (tertiary alicyclic amines) is 1. The largest absolute Gasteiger partial charge is 0.449 e. The van der Waals surface area contributed by atoms with E-state index in [0.29, 0.717) is 44.8 Å². The van der Waals surface area contributed by atoms with Crippen LogP contribution in [0.4, 0.5) is 4.79 Å². The Morgan fingerprint density at radius 1 is 1.12 bits per heavy atom. The lowest BCUT2D eigenvalue weighted by Gasteiger charge is -2.35. The molecule has 1 N–H and O–H groups in total. The average Bonchev–Trinajstić information content (AvgIpc) is 2.69. The molecule has 0 saturated carbocycles. The highest BCUT2D eigenvalue weighted by Crippen LogP contribution is 2.20. The second-order valence-electron chi connectivity index (χ2n) is 6.62. The molecule has 7 heteroatoms. The van der Waals surface area contributed by atoms with Crippen LogP contribution in [0.5, 0.6) is 0 Å². The van der Waals surface area contributed by atoms with Crippen molar-refractivity contribution < 1.29 is 19.1 Å². The van der Waals surface area contributed by atoms with Crippen LogP contribution in [0.1, 0.15) is 36.0 Å². The van der Waals surface area contributed by atoms with Crippen LogP contribution in [0.3, 0.4) is 0 Å². The van der Waals surface area contributed by atoms with E-state index in [4.69, 9.17) is 4.74 Å². The van der Waals surface area contributed by atoms with E-state index in [1.54, 1.807) is 21.9 Å². The van der Waals surface area contributed by atoms with Crippen LogP contribution in [0.2, 0.25) is 0 Å². The van der Waals surface area contributed by atoms with Crippen LogP contribution < -0.4 is 5.32 Å². The summed E-state index contributed by atoms with van der Waals surface area (Å²) >= 11 is 0. The highest BCUT2D eigenvalue weighted by molar-refractivity contribution is 5.97. The van der Waals surface area contributed by atoms with E-state index < -0.39 is 6.04 Å². The minimum Gasteiger partial charge on any atom is -0.449 e. The number of piperidine rings is 1. The number of benzene rings is 1. The molecule has 2 heterocycles. The van der Waals surface area contributed by atoms with E-state index in [1.807, 2.05) is 18.2 Å². The van der Waals surface area contributed by atoms with Crippen LogP contribution in [0.15, 0.2) is 30.3 Å². The maximum absolute atomic E-state index is 12.8. The zero-order chi connectivity index (χ0) is 18.4. The van der Waals surface area contributed by atoms with Gasteiger partial charge in [0, 0.05) is 31.7 Å². The average molecular weight is 359 g/mol. The van der Waals surface area contributed by atoms with E-state index in [9.17, 15) is 14.4 Å². The Hall–Kier alpha value is -2.57. The summed E-state index contributed by atoms with van der Waals surface area (Å²) in [7, 11) is 0. The van der Waals surface area contributed by atoms with Gasteiger partial charge in [-0.25, -0.2) is 4.79 Å². The normalized spacial score (nSPS) is 20.5. The van der Waals surface area contributed by atoms with Crippen LogP contribution in [0.25, 0.3) is 0 Å². The molecular weight excluding hydrogens is 334 g/mol. The summed E-state index contributed by atoms with van der Waals surface area (Å²) in [6, 6.07) is 8.60. The standard InChI is InChI=1S/C19H25N3O4/c23-17(20-10-13-21-11-6-14-26-19(21)25)16-9-4-5-12-22(16)18(24)15-7-2-1-3-8-15/h1-3,7-8,16H,4-6,9-14H2,(H,20,23). The number of nitrogens with one attached hydrogen (secondary N) is 1. The molecule has 2 aliphatic heterocycles. The van der Waals surface area contributed by atoms with Crippen LogP contribution in [-0.4, -0.2) is 66.5 Å². The lowest BCUT2D eigenvalue weighted by atomic mass is 10.00. The number of amides is 3. The highest BCUT2D eigenvalue weighted by atomic mass is 16.6. The molecule has 1 aromatic carbocycles. The van der Waals surface area contributed by atoms with Gasteiger partial charge >= 0.3 is 6.09 Å². The fraction of sp³-hybridized carbons (Fsp3) is 0.526. The molecule has 0 aromatic heterocycles. The van der Waals surface area contributed by atoms with Gasteiger partial charge in [-0.2, -0.15) is 0 Å². The molecule has 0 bridgehead atoms. The van der Waals surface area contributed by atoms with E-state index >= 15 is 0 Å². The van der Waals surface area contributed by atoms with Crippen LogP contribution >= 0.6 is 0 Å². The predicted molar refractivity (Wildman–Crippen MR) is 95.7 cm³/mol. The summed E-state index contributed by atoms with van der Waals surface area (Å²) in [6.45, 7) is 2.48. The van der Waals surface area contributed by atoms with Gasteiger partial charge in [0.1, 0.15) is 6.04 Å². The number of rotatable bonds is 5. The van der Waals surface area contributed by atoms with Crippen molar-refractivity contribution in [2.45, 2.75) is 31.7 Å². The van der Waals surface area contributed by atoms with Gasteiger partial charge < -0.3 is 19.9 Å². The maximum Gasteiger partial charge on any atom is 0.409 e. The Morgan fingerprint density at radius 3 is 2.69 bits per heavy atom. The number of hydrogen-bond acceptors (Lipinski definition) is 4. The van der Waals surface area contributed by atoms with Crippen molar-refractivity contribution in [2.24, 2.45) is 0 Å². The van der Waals surface area contributed by atoms with Gasteiger partial charge in [0.15, 0.2) is 0 Å². The molecule has 26 heavy (non-hydrogen) atoms. The van der Waals surface area contributed by atoms with Crippen LogP contribution in [-0.2, 0) is 9.53 Å². The monoisotopic (exact) mass is 359 g/mol. The Bertz CT molecular complexity index is 649. The third kappa shape index (κ3) is 4.33. The van der Waals surface area contributed by atoms with Gasteiger partial charge in [-0.15, -0.1) is 0 Å². The zero-order valence-corrected chi connectivity index (χ0v) is 14.9. The number of hydrogen-bond donors (Lipinski definition) is 1. The SMILES string of the molecule is O=C(NCCN1CCCOC1=O)C1CCCCN1C(=O)c1ccccc1. The summed E-state index contributed by atoms with van der Waals surface area (Å²) in [6.07, 6.45) is 2.97. The molecule has 1 aromatic rings. The molecule has 0 radical (unpaired) electrons. The molecule has 0 spiro atoms. The van der Waals surface area contributed by atoms with Gasteiger partial charge in [-0.3, -0.25) is 9.59 Å². The second kappa shape index (κ2) is 8.69. The topological polar surface area (TPSA) is 79.0 Å². The van der Waals surface area contributed by atoms with Gasteiger partial charge in [0.2, 0.25) is 5.91 Å². The predicted octanol–water partition coefficient (Wildman–Crippen LogP) is 1.64. The van der Waals surface area contributed by atoms with Gasteiger partial charge in [-0.05, 0) is 37.8 Å². The zero-order valence-electron chi connectivity index (χ0n) is 14.9. The Morgan fingerprint density at radius 2 is 1.92 bits per heavy atom. The Kier molecular flexibility index (Phi) is 6.09. The molecule has 1 atom stereocenters. The lowest BCUT2D eigenvalue weighted by molar-refractivity contribution is -0.126. The summed E-state index contributed by atoms with van der Waals surface area (Å²) in [5.41, 5.74) is 0.600. The third-order valence-electron chi connectivity index (χ3n) is 4.82. The van der Waals surface area contributed by atoms with E-state index in [2.05, 4.69) is 5.32 Å². The Labute approximate surface area is 153 Å². The third-order valence-corrected chi connectivity index (χ3v) is 4.82. The molecule has 1 unspecified atom stereocenters. The Balaban J connectivity index is 1.56. The quantitative estimate of drug-likeness (QED) is 0.867. The minimum absolute atomic E-state index is 0.106. The van der Waals surface area contributed by atoms with Crippen molar-refractivity contribution in [2.75, 3.05) is 32.8 Å². The van der Waals surface area contributed by atoms with Crippen molar-refractivity contribution in [3.8, 4) is 0 Å².